The SMILES string of the molecule is O=C(O)c1ccc2nc(-c3ccc(NCC(O)CO)cc3)[nH]c2c1. The molecule has 0 aliphatic carbocycles. The van der Waals surface area contributed by atoms with Gasteiger partial charge in [0.1, 0.15) is 5.82 Å². The zero-order chi connectivity index (χ0) is 17.1. The normalized spacial score (nSPS) is 12.2. The van der Waals surface area contributed by atoms with Gasteiger partial charge in [0.2, 0.25) is 0 Å². The highest BCUT2D eigenvalue weighted by atomic mass is 16.4. The second-order valence-corrected chi connectivity index (χ2v) is 5.42. The van der Waals surface area contributed by atoms with E-state index in [1.54, 1.807) is 12.1 Å². The van der Waals surface area contributed by atoms with Crippen LogP contribution in [0.15, 0.2) is 42.5 Å². The highest BCUT2D eigenvalue weighted by molar-refractivity contribution is 5.93. The van der Waals surface area contributed by atoms with Crippen LogP contribution in [0.1, 0.15) is 10.4 Å². The van der Waals surface area contributed by atoms with Crippen molar-refractivity contribution in [3.05, 3.63) is 48.0 Å². The van der Waals surface area contributed by atoms with E-state index in [2.05, 4.69) is 15.3 Å². The number of rotatable bonds is 6. The van der Waals surface area contributed by atoms with Crippen molar-refractivity contribution in [2.24, 2.45) is 0 Å². The molecule has 0 aliphatic rings. The smallest absolute Gasteiger partial charge is 0.335 e. The number of H-pyrrole nitrogens is 1. The number of carboxylic acid groups (broad SMARTS) is 1. The van der Waals surface area contributed by atoms with Gasteiger partial charge in [-0.2, -0.15) is 0 Å². The number of aliphatic hydroxyl groups is 2. The van der Waals surface area contributed by atoms with Gasteiger partial charge in [0.25, 0.3) is 0 Å². The number of carboxylic acids is 1. The molecule has 1 aromatic heterocycles. The molecule has 0 saturated heterocycles. The number of benzene rings is 2. The molecule has 0 aliphatic heterocycles. The van der Waals surface area contributed by atoms with Gasteiger partial charge < -0.3 is 25.6 Å². The van der Waals surface area contributed by atoms with Crippen LogP contribution in [-0.4, -0.2) is 50.5 Å². The zero-order valence-electron chi connectivity index (χ0n) is 12.7. The molecule has 3 rings (SSSR count). The van der Waals surface area contributed by atoms with Gasteiger partial charge >= 0.3 is 5.97 Å². The Hall–Kier alpha value is -2.90. The predicted molar refractivity (Wildman–Crippen MR) is 90.1 cm³/mol. The molecule has 24 heavy (non-hydrogen) atoms. The van der Waals surface area contributed by atoms with Crippen molar-refractivity contribution in [1.29, 1.82) is 0 Å². The molecule has 7 heteroatoms. The van der Waals surface area contributed by atoms with E-state index in [4.69, 9.17) is 10.2 Å². The van der Waals surface area contributed by atoms with E-state index in [1.807, 2.05) is 24.3 Å². The number of aromatic carboxylic acids is 1. The summed E-state index contributed by atoms with van der Waals surface area (Å²) in [5.74, 6) is -0.331. The van der Waals surface area contributed by atoms with Gasteiger partial charge in [-0.05, 0) is 42.5 Å². The molecule has 0 saturated carbocycles. The van der Waals surface area contributed by atoms with Gasteiger partial charge in [0.15, 0.2) is 0 Å². The monoisotopic (exact) mass is 327 g/mol. The van der Waals surface area contributed by atoms with Gasteiger partial charge in [-0.15, -0.1) is 0 Å². The average molecular weight is 327 g/mol. The number of aliphatic hydroxyl groups excluding tert-OH is 2. The van der Waals surface area contributed by atoms with Crippen LogP contribution in [0.2, 0.25) is 0 Å². The Morgan fingerprint density at radius 2 is 1.96 bits per heavy atom. The molecular weight excluding hydrogens is 310 g/mol. The van der Waals surface area contributed by atoms with Gasteiger partial charge in [0.05, 0.1) is 29.3 Å². The fraction of sp³-hybridized carbons (Fsp3) is 0.176. The summed E-state index contributed by atoms with van der Waals surface area (Å²) >= 11 is 0. The van der Waals surface area contributed by atoms with Crippen molar-refractivity contribution >= 4 is 22.7 Å². The topological polar surface area (TPSA) is 118 Å². The third kappa shape index (κ3) is 3.37. The fourth-order valence-electron chi connectivity index (χ4n) is 2.33. The van der Waals surface area contributed by atoms with E-state index in [1.165, 1.54) is 6.07 Å². The molecule has 1 atom stereocenters. The largest absolute Gasteiger partial charge is 0.478 e. The first kappa shape index (κ1) is 16.0. The summed E-state index contributed by atoms with van der Waals surface area (Å²) in [5, 5.41) is 30.2. The second kappa shape index (κ2) is 6.69. The summed E-state index contributed by atoms with van der Waals surface area (Å²) in [6.07, 6.45) is -0.802. The lowest BCUT2D eigenvalue weighted by Crippen LogP contribution is -2.22. The number of aromatic nitrogens is 2. The summed E-state index contributed by atoms with van der Waals surface area (Å²) < 4.78 is 0. The maximum absolute atomic E-state index is 11.0. The lowest BCUT2D eigenvalue weighted by Gasteiger charge is -2.10. The summed E-state index contributed by atoms with van der Waals surface area (Å²) in [6.45, 7) is -0.0269. The molecule has 1 heterocycles. The van der Waals surface area contributed by atoms with E-state index in [-0.39, 0.29) is 18.7 Å². The van der Waals surface area contributed by atoms with E-state index in [9.17, 15) is 9.90 Å². The zero-order valence-corrected chi connectivity index (χ0v) is 12.7. The van der Waals surface area contributed by atoms with Crippen LogP contribution in [0.3, 0.4) is 0 Å². The molecule has 0 spiro atoms. The van der Waals surface area contributed by atoms with Gasteiger partial charge in [0, 0.05) is 17.8 Å². The highest BCUT2D eigenvalue weighted by Gasteiger charge is 2.09. The van der Waals surface area contributed by atoms with Gasteiger partial charge in [-0.3, -0.25) is 0 Å². The molecule has 7 nitrogen and oxygen atoms in total. The van der Waals surface area contributed by atoms with E-state index >= 15 is 0 Å². The summed E-state index contributed by atoms with van der Waals surface area (Å²) in [5.41, 5.74) is 3.24. The first-order chi connectivity index (χ1) is 11.6. The number of fused-ring (bicyclic) bond motifs is 1. The third-order valence-corrected chi connectivity index (χ3v) is 3.64. The Morgan fingerprint density at radius 3 is 2.62 bits per heavy atom. The van der Waals surface area contributed by atoms with Gasteiger partial charge in [-0.1, -0.05) is 0 Å². The predicted octanol–water partition coefficient (Wildman–Crippen LogP) is 1.69. The number of nitrogens with zero attached hydrogens (tertiary/aromatic N) is 1. The molecule has 0 bridgehead atoms. The lowest BCUT2D eigenvalue weighted by atomic mass is 10.2. The van der Waals surface area contributed by atoms with Crippen LogP contribution in [0.4, 0.5) is 5.69 Å². The minimum atomic E-state index is -0.978. The van der Waals surface area contributed by atoms with Crippen molar-refractivity contribution < 1.29 is 20.1 Å². The number of hydrogen-bond donors (Lipinski definition) is 5. The second-order valence-electron chi connectivity index (χ2n) is 5.42. The molecule has 3 aromatic rings. The third-order valence-electron chi connectivity index (χ3n) is 3.64. The van der Waals surface area contributed by atoms with Crippen molar-refractivity contribution in [3.63, 3.8) is 0 Å². The Kier molecular flexibility index (Phi) is 4.45. The maximum Gasteiger partial charge on any atom is 0.335 e. The standard InChI is InChI=1S/C17H17N3O4/c21-9-13(22)8-18-12-4-1-10(2-5-12)16-19-14-6-3-11(17(23)24)7-15(14)20-16/h1-7,13,18,21-22H,8-9H2,(H,19,20)(H,23,24). The minimum Gasteiger partial charge on any atom is -0.478 e. The maximum atomic E-state index is 11.0. The molecule has 124 valence electrons. The first-order valence-electron chi connectivity index (χ1n) is 7.43. The fourth-order valence-corrected chi connectivity index (χ4v) is 2.33. The van der Waals surface area contributed by atoms with Crippen molar-refractivity contribution in [2.75, 3.05) is 18.5 Å². The molecule has 0 radical (unpaired) electrons. The van der Waals surface area contributed by atoms with E-state index in [0.717, 1.165) is 11.3 Å². The van der Waals surface area contributed by atoms with Crippen LogP contribution in [-0.2, 0) is 0 Å². The van der Waals surface area contributed by atoms with Crippen LogP contribution in [0.5, 0.6) is 0 Å². The van der Waals surface area contributed by atoms with E-state index < -0.39 is 12.1 Å². The lowest BCUT2D eigenvalue weighted by molar-refractivity contribution is 0.0697. The van der Waals surface area contributed by atoms with Crippen molar-refractivity contribution in [2.45, 2.75) is 6.10 Å². The number of nitrogens with one attached hydrogen (secondary N) is 2. The Bertz CT molecular complexity index is 858. The number of aromatic amines is 1. The Labute approximate surface area is 137 Å². The highest BCUT2D eigenvalue weighted by Crippen LogP contribution is 2.23. The number of anilines is 1. The molecule has 1 unspecified atom stereocenters. The molecule has 0 fully saturated rings. The van der Waals surface area contributed by atoms with E-state index in [0.29, 0.717) is 16.9 Å². The summed E-state index contributed by atoms with van der Waals surface area (Å²) in [6, 6.07) is 12.2. The minimum absolute atomic E-state index is 0.208. The Morgan fingerprint density at radius 1 is 1.21 bits per heavy atom. The van der Waals surface area contributed by atoms with Crippen LogP contribution in [0.25, 0.3) is 22.4 Å². The Balaban J connectivity index is 1.81. The molecular formula is C17H17N3O4. The van der Waals surface area contributed by atoms with Crippen LogP contribution in [0, 0.1) is 0 Å². The number of hydrogen-bond acceptors (Lipinski definition) is 5. The van der Waals surface area contributed by atoms with Crippen LogP contribution < -0.4 is 5.32 Å². The van der Waals surface area contributed by atoms with Crippen molar-refractivity contribution in [3.8, 4) is 11.4 Å². The average Bonchev–Trinajstić information content (AvgIpc) is 3.03. The van der Waals surface area contributed by atoms with Crippen LogP contribution >= 0.6 is 0 Å². The quantitative estimate of drug-likeness (QED) is 0.470. The number of carbonyl (C=O) groups is 1. The van der Waals surface area contributed by atoms with Crippen molar-refractivity contribution in [1.82, 2.24) is 9.97 Å². The number of imidazole rings is 1. The van der Waals surface area contributed by atoms with Gasteiger partial charge in [-0.25, -0.2) is 9.78 Å². The summed E-state index contributed by atoms with van der Waals surface area (Å²) in [7, 11) is 0. The molecule has 5 N–H and O–H groups in total. The molecule has 0 amide bonds. The molecule has 2 aromatic carbocycles. The summed E-state index contributed by atoms with van der Waals surface area (Å²) in [4.78, 5) is 18.6. The first-order valence-corrected chi connectivity index (χ1v) is 7.43.